The molecule has 6 aromatic rings. The van der Waals surface area contributed by atoms with Gasteiger partial charge in [0.1, 0.15) is 11.2 Å². The molecule has 0 unspecified atom stereocenters. The van der Waals surface area contributed by atoms with Gasteiger partial charge >= 0.3 is 0 Å². The van der Waals surface area contributed by atoms with Gasteiger partial charge in [0.25, 0.3) is 0 Å². The predicted molar refractivity (Wildman–Crippen MR) is 126 cm³/mol. The third-order valence-electron chi connectivity index (χ3n) is 5.95. The molecular formula is C29H20O. The van der Waals surface area contributed by atoms with Gasteiger partial charge in [-0.3, -0.25) is 0 Å². The van der Waals surface area contributed by atoms with Crippen LogP contribution in [0.1, 0.15) is 11.1 Å². The number of rotatable bonds is 3. The van der Waals surface area contributed by atoms with Crippen molar-refractivity contribution in [1.29, 1.82) is 0 Å². The monoisotopic (exact) mass is 384 g/mol. The molecule has 1 heterocycles. The van der Waals surface area contributed by atoms with Gasteiger partial charge in [-0.25, -0.2) is 0 Å². The highest BCUT2D eigenvalue weighted by molar-refractivity contribution is 6.19. The highest BCUT2D eigenvalue weighted by atomic mass is 16.3. The van der Waals surface area contributed by atoms with E-state index in [-0.39, 0.29) is 0 Å². The predicted octanol–water partition coefficient (Wildman–Crippen LogP) is 8.00. The lowest BCUT2D eigenvalue weighted by Crippen LogP contribution is -1.92. The molecule has 0 saturated carbocycles. The van der Waals surface area contributed by atoms with Gasteiger partial charge < -0.3 is 4.42 Å². The molecule has 6 rings (SSSR count). The smallest absolute Gasteiger partial charge is 0.138 e. The molecule has 0 radical (unpaired) electrons. The summed E-state index contributed by atoms with van der Waals surface area (Å²) < 4.78 is 6.41. The van der Waals surface area contributed by atoms with E-state index in [4.69, 9.17) is 4.42 Å². The average molecular weight is 384 g/mol. The molecule has 142 valence electrons. The fraction of sp³-hybridized carbons (Fsp3) is 0.0345. The zero-order valence-electron chi connectivity index (χ0n) is 16.5. The van der Waals surface area contributed by atoms with Crippen LogP contribution in [0.2, 0.25) is 0 Å². The zero-order chi connectivity index (χ0) is 19.9. The van der Waals surface area contributed by atoms with E-state index in [0.717, 1.165) is 17.6 Å². The summed E-state index contributed by atoms with van der Waals surface area (Å²) >= 11 is 0. The van der Waals surface area contributed by atoms with Crippen LogP contribution in [0.15, 0.2) is 114 Å². The first-order valence-corrected chi connectivity index (χ1v) is 10.3. The highest BCUT2D eigenvalue weighted by Crippen LogP contribution is 2.37. The molecule has 0 amide bonds. The summed E-state index contributed by atoms with van der Waals surface area (Å²) in [5, 5.41) is 4.89. The standard InChI is InChI=1S/C29H20O/c1-2-9-20(10-3-1)24-14-6-5-12-22(24)19-23-13-8-16-26-28-25-15-7-4-11-21(25)17-18-27(28)30-29(23)26/h1-18H,19H2. The molecule has 5 aromatic carbocycles. The molecule has 0 aliphatic rings. The number of fused-ring (bicyclic) bond motifs is 5. The van der Waals surface area contributed by atoms with Crippen molar-refractivity contribution in [3.05, 3.63) is 120 Å². The first-order chi connectivity index (χ1) is 14.9. The third-order valence-corrected chi connectivity index (χ3v) is 5.95. The number of hydrogen-bond acceptors (Lipinski definition) is 1. The van der Waals surface area contributed by atoms with Crippen LogP contribution in [0.3, 0.4) is 0 Å². The van der Waals surface area contributed by atoms with Crippen molar-refractivity contribution in [3.8, 4) is 11.1 Å². The Morgan fingerprint density at radius 2 is 1.27 bits per heavy atom. The van der Waals surface area contributed by atoms with Crippen molar-refractivity contribution in [2.75, 3.05) is 0 Å². The first-order valence-electron chi connectivity index (χ1n) is 10.3. The van der Waals surface area contributed by atoms with E-state index < -0.39 is 0 Å². The highest BCUT2D eigenvalue weighted by Gasteiger charge is 2.14. The molecule has 1 aromatic heterocycles. The first kappa shape index (κ1) is 17.1. The van der Waals surface area contributed by atoms with Crippen LogP contribution >= 0.6 is 0 Å². The van der Waals surface area contributed by atoms with E-state index >= 15 is 0 Å². The van der Waals surface area contributed by atoms with Gasteiger partial charge in [0.15, 0.2) is 0 Å². The van der Waals surface area contributed by atoms with Crippen molar-refractivity contribution in [2.24, 2.45) is 0 Å². The zero-order valence-corrected chi connectivity index (χ0v) is 16.5. The molecule has 0 atom stereocenters. The lowest BCUT2D eigenvalue weighted by molar-refractivity contribution is 0.664. The van der Waals surface area contributed by atoms with Crippen LogP contribution in [0, 0.1) is 0 Å². The minimum Gasteiger partial charge on any atom is -0.456 e. The van der Waals surface area contributed by atoms with Gasteiger partial charge in [0.05, 0.1) is 0 Å². The summed E-state index contributed by atoms with van der Waals surface area (Å²) in [6.45, 7) is 0. The Kier molecular flexibility index (Phi) is 3.92. The fourth-order valence-electron chi connectivity index (χ4n) is 4.54. The molecule has 0 saturated heterocycles. The maximum absolute atomic E-state index is 6.41. The molecule has 0 N–H and O–H groups in total. The van der Waals surface area contributed by atoms with Gasteiger partial charge in [0.2, 0.25) is 0 Å². The molecule has 1 heteroatoms. The second-order valence-corrected chi connectivity index (χ2v) is 7.76. The molecule has 1 nitrogen and oxygen atoms in total. The van der Waals surface area contributed by atoms with Crippen molar-refractivity contribution in [3.63, 3.8) is 0 Å². The average Bonchev–Trinajstić information content (AvgIpc) is 3.20. The third kappa shape index (κ3) is 2.71. The van der Waals surface area contributed by atoms with E-state index in [1.54, 1.807) is 0 Å². The normalized spacial score (nSPS) is 11.5. The summed E-state index contributed by atoms with van der Waals surface area (Å²) in [5.74, 6) is 0. The van der Waals surface area contributed by atoms with Gasteiger partial charge in [-0.1, -0.05) is 103 Å². The summed E-state index contributed by atoms with van der Waals surface area (Å²) in [7, 11) is 0. The van der Waals surface area contributed by atoms with Gasteiger partial charge in [-0.15, -0.1) is 0 Å². The Hall–Kier alpha value is -3.84. The molecule has 0 aliphatic heterocycles. The number of furan rings is 1. The summed E-state index contributed by atoms with van der Waals surface area (Å²) in [4.78, 5) is 0. The molecule has 0 fully saturated rings. The maximum Gasteiger partial charge on any atom is 0.138 e. The summed E-state index contributed by atoms with van der Waals surface area (Å²) in [6.07, 6.45) is 0.833. The Morgan fingerprint density at radius 1 is 0.533 bits per heavy atom. The lowest BCUT2D eigenvalue weighted by Gasteiger charge is -2.10. The van der Waals surface area contributed by atoms with Gasteiger partial charge in [-0.2, -0.15) is 0 Å². The summed E-state index contributed by atoms with van der Waals surface area (Å²) in [6, 6.07) is 38.5. The minimum atomic E-state index is 0.833. The quantitative estimate of drug-likeness (QED) is 0.301. The Morgan fingerprint density at radius 3 is 2.20 bits per heavy atom. The van der Waals surface area contributed by atoms with E-state index in [1.807, 2.05) is 0 Å². The minimum absolute atomic E-state index is 0.833. The largest absolute Gasteiger partial charge is 0.456 e. The SMILES string of the molecule is c1ccc(-c2ccccc2Cc2cccc3c2oc2ccc4ccccc4c23)cc1. The second-order valence-electron chi connectivity index (χ2n) is 7.76. The van der Waals surface area contributed by atoms with Crippen LogP contribution in [0.25, 0.3) is 43.8 Å². The van der Waals surface area contributed by atoms with Gasteiger partial charge in [-0.05, 0) is 39.1 Å². The van der Waals surface area contributed by atoms with E-state index in [9.17, 15) is 0 Å². The Balaban J connectivity index is 1.55. The van der Waals surface area contributed by atoms with Gasteiger partial charge in [0, 0.05) is 17.2 Å². The number of benzene rings is 5. The van der Waals surface area contributed by atoms with Crippen LogP contribution < -0.4 is 0 Å². The van der Waals surface area contributed by atoms with Crippen LogP contribution in [-0.4, -0.2) is 0 Å². The second kappa shape index (κ2) is 6.89. The topological polar surface area (TPSA) is 13.1 Å². The van der Waals surface area contributed by atoms with E-state index in [2.05, 4.69) is 109 Å². The van der Waals surface area contributed by atoms with Crippen LogP contribution in [0.5, 0.6) is 0 Å². The molecule has 0 aliphatic carbocycles. The van der Waals surface area contributed by atoms with Crippen LogP contribution in [0.4, 0.5) is 0 Å². The number of hydrogen-bond donors (Lipinski definition) is 0. The lowest BCUT2D eigenvalue weighted by atomic mass is 9.94. The van der Waals surface area contributed by atoms with Crippen molar-refractivity contribution < 1.29 is 4.42 Å². The van der Waals surface area contributed by atoms with Crippen molar-refractivity contribution >= 4 is 32.7 Å². The summed E-state index contributed by atoms with van der Waals surface area (Å²) in [5.41, 5.74) is 6.99. The molecule has 30 heavy (non-hydrogen) atoms. The molecular weight excluding hydrogens is 364 g/mol. The Labute approximate surface area is 175 Å². The Bertz CT molecular complexity index is 1510. The van der Waals surface area contributed by atoms with Crippen molar-refractivity contribution in [1.82, 2.24) is 0 Å². The van der Waals surface area contributed by atoms with E-state index in [0.29, 0.717) is 0 Å². The maximum atomic E-state index is 6.41. The van der Waals surface area contributed by atoms with Crippen LogP contribution in [-0.2, 0) is 6.42 Å². The number of para-hydroxylation sites is 1. The van der Waals surface area contributed by atoms with Crippen molar-refractivity contribution in [2.45, 2.75) is 6.42 Å². The fourth-order valence-corrected chi connectivity index (χ4v) is 4.54. The van der Waals surface area contributed by atoms with E-state index in [1.165, 1.54) is 43.8 Å². The molecule has 0 bridgehead atoms. The molecule has 0 spiro atoms.